The highest BCUT2D eigenvalue weighted by Gasteiger charge is 2.19. The van der Waals surface area contributed by atoms with Crippen LogP contribution in [0.2, 0.25) is 0 Å². The molecule has 7 heteroatoms. The van der Waals surface area contributed by atoms with Gasteiger partial charge in [0.1, 0.15) is 0 Å². The van der Waals surface area contributed by atoms with Gasteiger partial charge in [0.2, 0.25) is 0 Å². The summed E-state index contributed by atoms with van der Waals surface area (Å²) in [5, 5.41) is 7.94. The number of nitrogens with zero attached hydrogens (tertiary/aromatic N) is 2. The summed E-state index contributed by atoms with van der Waals surface area (Å²) in [6, 6.07) is 10.8. The highest BCUT2D eigenvalue weighted by molar-refractivity contribution is 6.03. The van der Waals surface area contributed by atoms with Crippen LogP contribution in [0.1, 0.15) is 59.8 Å². The number of unbranched alkanes of at least 4 members (excludes halogenated alkanes) is 3. The Morgan fingerprint density at radius 1 is 1.00 bits per heavy atom. The van der Waals surface area contributed by atoms with Crippen LogP contribution in [0.3, 0.4) is 0 Å². The van der Waals surface area contributed by atoms with Gasteiger partial charge in [-0.2, -0.15) is 5.10 Å². The second kappa shape index (κ2) is 10.9. The molecule has 0 atom stereocenters. The quantitative estimate of drug-likeness (QED) is 0.378. The topological polar surface area (TPSA) is 90.3 Å². The molecule has 0 aliphatic heterocycles. The van der Waals surface area contributed by atoms with Crippen molar-refractivity contribution in [3.05, 3.63) is 69.1 Å². The summed E-state index contributed by atoms with van der Waals surface area (Å²) in [4.78, 5) is 38.1. The van der Waals surface area contributed by atoms with Crippen molar-refractivity contribution in [1.29, 1.82) is 0 Å². The number of aromatic nitrogens is 2. The summed E-state index contributed by atoms with van der Waals surface area (Å²) in [7, 11) is 0. The molecule has 0 aliphatic carbocycles. The van der Waals surface area contributed by atoms with Crippen LogP contribution in [0, 0.1) is 20.8 Å². The monoisotopic (exact) mass is 449 g/mol. The van der Waals surface area contributed by atoms with Crippen molar-refractivity contribution in [2.45, 2.75) is 59.9 Å². The average Bonchev–Trinajstić information content (AvgIpc) is 2.79. The normalized spacial score (nSPS) is 10.9. The number of carbonyl (C=O) groups excluding carboxylic acids is 2. The molecule has 0 unspecified atom stereocenters. The van der Waals surface area contributed by atoms with Crippen LogP contribution >= 0.6 is 0 Å². The summed E-state index contributed by atoms with van der Waals surface area (Å²) in [5.74, 6) is -1.17. The van der Waals surface area contributed by atoms with Crippen molar-refractivity contribution in [3.8, 4) is 0 Å². The molecule has 174 valence electrons. The van der Waals surface area contributed by atoms with Crippen LogP contribution in [-0.4, -0.2) is 28.3 Å². The minimum atomic E-state index is -0.735. The van der Waals surface area contributed by atoms with Gasteiger partial charge in [0.15, 0.2) is 12.3 Å². The Morgan fingerprint density at radius 3 is 2.33 bits per heavy atom. The predicted octanol–water partition coefficient (Wildman–Crippen LogP) is 4.70. The smallest absolute Gasteiger partial charge is 0.359 e. The molecule has 33 heavy (non-hydrogen) atoms. The third-order valence-corrected chi connectivity index (χ3v) is 5.56. The van der Waals surface area contributed by atoms with Crippen LogP contribution in [0.4, 0.5) is 5.69 Å². The van der Waals surface area contributed by atoms with E-state index in [1.165, 1.54) is 4.68 Å². The summed E-state index contributed by atoms with van der Waals surface area (Å²) < 4.78 is 6.61. The zero-order valence-electron chi connectivity index (χ0n) is 19.7. The van der Waals surface area contributed by atoms with Crippen molar-refractivity contribution in [2.24, 2.45) is 0 Å². The largest absolute Gasteiger partial charge is 0.451 e. The summed E-state index contributed by atoms with van der Waals surface area (Å²) >= 11 is 0. The zero-order chi connectivity index (χ0) is 24.0. The molecule has 0 aliphatic rings. The van der Waals surface area contributed by atoms with E-state index < -0.39 is 18.5 Å². The molecule has 0 saturated carbocycles. The summed E-state index contributed by atoms with van der Waals surface area (Å²) in [5.41, 5.74) is 3.51. The van der Waals surface area contributed by atoms with Crippen molar-refractivity contribution in [2.75, 3.05) is 11.9 Å². The Hall–Kier alpha value is -3.48. The molecule has 0 bridgehead atoms. The number of amides is 1. The van der Waals surface area contributed by atoms with Gasteiger partial charge in [-0.3, -0.25) is 9.59 Å². The van der Waals surface area contributed by atoms with Gasteiger partial charge in [-0.05, 0) is 44.4 Å². The van der Waals surface area contributed by atoms with E-state index >= 15 is 0 Å². The van der Waals surface area contributed by atoms with Crippen LogP contribution in [0.5, 0.6) is 0 Å². The van der Waals surface area contributed by atoms with E-state index in [-0.39, 0.29) is 11.3 Å². The SMILES string of the molecule is CCCCCCn1nc(C(=O)OCC(=O)Nc2c(C)cc(C)cc2C)c2ccccc2c1=O. The molecule has 7 nitrogen and oxygen atoms in total. The number of fused-ring (bicyclic) bond motifs is 1. The highest BCUT2D eigenvalue weighted by atomic mass is 16.5. The number of aryl methyl sites for hydroxylation is 4. The summed E-state index contributed by atoms with van der Waals surface area (Å²) in [6.07, 6.45) is 3.94. The van der Waals surface area contributed by atoms with Crippen LogP contribution < -0.4 is 10.9 Å². The number of hydrogen-bond acceptors (Lipinski definition) is 5. The van der Waals surface area contributed by atoms with Gasteiger partial charge >= 0.3 is 5.97 Å². The average molecular weight is 450 g/mol. The Bertz CT molecular complexity index is 1210. The van der Waals surface area contributed by atoms with E-state index in [0.717, 1.165) is 42.4 Å². The Kier molecular flexibility index (Phi) is 7.98. The number of esters is 1. The fraction of sp³-hybridized carbons (Fsp3) is 0.385. The number of ether oxygens (including phenoxy) is 1. The Labute approximate surface area is 193 Å². The number of hydrogen-bond donors (Lipinski definition) is 1. The first kappa shape index (κ1) is 24.2. The number of rotatable bonds is 9. The van der Waals surface area contributed by atoms with E-state index in [1.807, 2.05) is 32.9 Å². The first-order valence-corrected chi connectivity index (χ1v) is 11.4. The Morgan fingerprint density at radius 2 is 1.67 bits per heavy atom. The van der Waals surface area contributed by atoms with Crippen LogP contribution in [0.15, 0.2) is 41.2 Å². The molecule has 1 N–H and O–H groups in total. The lowest BCUT2D eigenvalue weighted by Crippen LogP contribution is -2.28. The second-order valence-corrected chi connectivity index (χ2v) is 8.38. The van der Waals surface area contributed by atoms with Crippen molar-refractivity contribution < 1.29 is 14.3 Å². The number of anilines is 1. The molecular formula is C26H31N3O4. The highest BCUT2D eigenvalue weighted by Crippen LogP contribution is 2.22. The maximum absolute atomic E-state index is 12.9. The summed E-state index contributed by atoms with van der Waals surface area (Å²) in [6.45, 7) is 7.93. The first-order chi connectivity index (χ1) is 15.8. The fourth-order valence-electron chi connectivity index (χ4n) is 3.98. The molecule has 0 radical (unpaired) electrons. The van der Waals surface area contributed by atoms with Crippen molar-refractivity contribution in [1.82, 2.24) is 9.78 Å². The first-order valence-electron chi connectivity index (χ1n) is 11.4. The third-order valence-electron chi connectivity index (χ3n) is 5.56. The zero-order valence-corrected chi connectivity index (χ0v) is 19.7. The number of carbonyl (C=O) groups is 2. The molecule has 2 aromatic carbocycles. The minimum Gasteiger partial charge on any atom is -0.451 e. The molecule has 0 fully saturated rings. The van der Waals surface area contributed by atoms with Crippen LogP contribution in [0.25, 0.3) is 10.8 Å². The molecular weight excluding hydrogens is 418 g/mol. The van der Waals surface area contributed by atoms with Crippen LogP contribution in [-0.2, 0) is 16.1 Å². The van der Waals surface area contributed by atoms with E-state index in [9.17, 15) is 14.4 Å². The van der Waals surface area contributed by atoms with Gasteiger partial charge in [0, 0.05) is 17.6 Å². The molecule has 0 saturated heterocycles. The third kappa shape index (κ3) is 5.86. The molecule has 1 aromatic heterocycles. The minimum absolute atomic E-state index is 0.0381. The van der Waals surface area contributed by atoms with E-state index in [4.69, 9.17) is 4.74 Å². The van der Waals surface area contributed by atoms with E-state index in [1.54, 1.807) is 24.3 Å². The van der Waals surface area contributed by atoms with E-state index in [2.05, 4.69) is 17.3 Å². The standard InChI is InChI=1S/C26H31N3O4/c1-5-6-7-10-13-29-25(31)21-12-9-8-11-20(21)24(28-29)26(32)33-16-22(30)27-23-18(3)14-17(2)15-19(23)4/h8-9,11-12,14-15H,5-7,10,13,16H2,1-4H3,(H,27,30). The molecule has 0 spiro atoms. The van der Waals surface area contributed by atoms with Crippen molar-refractivity contribution in [3.63, 3.8) is 0 Å². The van der Waals surface area contributed by atoms with Gasteiger partial charge in [0.05, 0.1) is 5.39 Å². The van der Waals surface area contributed by atoms with Gasteiger partial charge in [-0.1, -0.05) is 62.1 Å². The number of nitrogens with one attached hydrogen (secondary N) is 1. The van der Waals surface area contributed by atoms with Gasteiger partial charge in [-0.15, -0.1) is 0 Å². The lowest BCUT2D eigenvalue weighted by molar-refractivity contribution is -0.119. The maximum Gasteiger partial charge on any atom is 0.359 e. The Balaban J connectivity index is 1.77. The van der Waals surface area contributed by atoms with E-state index in [0.29, 0.717) is 23.0 Å². The van der Waals surface area contributed by atoms with Crippen molar-refractivity contribution >= 4 is 28.3 Å². The molecule has 3 aromatic rings. The predicted molar refractivity (Wildman–Crippen MR) is 130 cm³/mol. The number of benzene rings is 2. The second-order valence-electron chi connectivity index (χ2n) is 8.38. The molecule has 3 rings (SSSR count). The lowest BCUT2D eigenvalue weighted by atomic mass is 10.1. The lowest BCUT2D eigenvalue weighted by Gasteiger charge is -2.13. The maximum atomic E-state index is 12.9. The van der Waals surface area contributed by atoms with Gasteiger partial charge in [-0.25, -0.2) is 9.48 Å². The fourth-order valence-corrected chi connectivity index (χ4v) is 3.98. The van der Waals surface area contributed by atoms with Gasteiger partial charge < -0.3 is 10.1 Å². The van der Waals surface area contributed by atoms with Gasteiger partial charge in [0.25, 0.3) is 11.5 Å². The molecule has 1 heterocycles. The molecule has 1 amide bonds.